The molecule has 1 nitrogen and oxygen atoms in total. The minimum absolute atomic E-state index is 0.116. The minimum atomic E-state index is -0.177. The van der Waals surface area contributed by atoms with Gasteiger partial charge in [-0.3, -0.25) is 0 Å². The number of nitrogens with two attached hydrogens (primary N) is 1. The molecule has 0 aliphatic heterocycles. The van der Waals surface area contributed by atoms with Crippen LogP contribution in [0.1, 0.15) is 34.7 Å². The summed E-state index contributed by atoms with van der Waals surface area (Å²) in [5.41, 5.74) is 10.3. The first-order valence-corrected chi connectivity index (χ1v) is 6.64. The lowest BCUT2D eigenvalue weighted by Gasteiger charge is -2.13. The van der Waals surface area contributed by atoms with Crippen LogP contribution in [0.25, 0.3) is 0 Å². The zero-order chi connectivity index (χ0) is 13.8. The van der Waals surface area contributed by atoms with Gasteiger partial charge in [-0.2, -0.15) is 0 Å². The molecule has 0 aliphatic rings. The van der Waals surface area contributed by atoms with Gasteiger partial charge in [0.05, 0.1) is 0 Å². The van der Waals surface area contributed by atoms with Crippen molar-refractivity contribution in [1.82, 2.24) is 0 Å². The maximum Gasteiger partial charge on any atom is 0.126 e. The van der Waals surface area contributed by atoms with Gasteiger partial charge in [0.15, 0.2) is 0 Å². The van der Waals surface area contributed by atoms with E-state index in [-0.39, 0.29) is 11.9 Å². The Hall–Kier alpha value is -1.67. The molecule has 0 aliphatic carbocycles. The number of benzene rings is 2. The van der Waals surface area contributed by atoms with Crippen molar-refractivity contribution in [2.75, 3.05) is 0 Å². The van der Waals surface area contributed by atoms with Gasteiger partial charge in [-0.05, 0) is 55.0 Å². The lowest BCUT2D eigenvalue weighted by molar-refractivity contribution is 0.602. The quantitative estimate of drug-likeness (QED) is 0.877. The first kappa shape index (κ1) is 13.8. The first-order chi connectivity index (χ1) is 9.08. The topological polar surface area (TPSA) is 26.0 Å². The van der Waals surface area contributed by atoms with Crippen LogP contribution in [0, 0.1) is 19.7 Å². The molecule has 2 rings (SSSR count). The van der Waals surface area contributed by atoms with Gasteiger partial charge in [0.2, 0.25) is 0 Å². The zero-order valence-electron chi connectivity index (χ0n) is 11.5. The molecule has 0 radical (unpaired) electrons. The van der Waals surface area contributed by atoms with E-state index in [0.717, 1.165) is 18.4 Å². The van der Waals surface area contributed by atoms with Crippen LogP contribution in [0.15, 0.2) is 42.5 Å². The smallest absolute Gasteiger partial charge is 0.126 e. The van der Waals surface area contributed by atoms with Crippen LogP contribution in [0.5, 0.6) is 0 Å². The van der Waals surface area contributed by atoms with Crippen LogP contribution >= 0.6 is 0 Å². The summed E-state index contributed by atoms with van der Waals surface area (Å²) >= 11 is 0. The standard InChI is InChI=1S/C17H20FN/c1-12-5-3-4-6-14(12)9-10-17(19)15-8-7-13(2)16(18)11-15/h3-8,11,17H,9-10,19H2,1-2H3. The zero-order valence-corrected chi connectivity index (χ0v) is 11.5. The highest BCUT2D eigenvalue weighted by atomic mass is 19.1. The molecule has 2 N–H and O–H groups in total. The number of aryl methyl sites for hydroxylation is 3. The van der Waals surface area contributed by atoms with Crippen molar-refractivity contribution >= 4 is 0 Å². The Bertz CT molecular complexity index is 563. The summed E-state index contributed by atoms with van der Waals surface area (Å²) < 4.78 is 13.5. The summed E-state index contributed by atoms with van der Waals surface area (Å²) in [4.78, 5) is 0. The lowest BCUT2D eigenvalue weighted by Crippen LogP contribution is -2.12. The molecule has 1 atom stereocenters. The van der Waals surface area contributed by atoms with E-state index in [1.165, 1.54) is 11.1 Å². The SMILES string of the molecule is Cc1ccc(C(N)CCc2ccccc2C)cc1F. The van der Waals surface area contributed by atoms with E-state index in [1.807, 2.05) is 18.2 Å². The highest BCUT2D eigenvalue weighted by Gasteiger charge is 2.09. The van der Waals surface area contributed by atoms with Crippen molar-refractivity contribution in [3.05, 3.63) is 70.5 Å². The lowest BCUT2D eigenvalue weighted by atomic mass is 9.97. The Labute approximate surface area is 114 Å². The van der Waals surface area contributed by atoms with Crippen molar-refractivity contribution < 1.29 is 4.39 Å². The summed E-state index contributed by atoms with van der Waals surface area (Å²) in [6.07, 6.45) is 1.75. The average molecular weight is 257 g/mol. The summed E-state index contributed by atoms with van der Waals surface area (Å²) in [7, 11) is 0. The third kappa shape index (κ3) is 3.42. The second-order valence-corrected chi connectivity index (χ2v) is 5.08. The third-order valence-electron chi connectivity index (χ3n) is 3.61. The fraction of sp³-hybridized carbons (Fsp3) is 0.294. The van der Waals surface area contributed by atoms with Crippen molar-refractivity contribution in [3.8, 4) is 0 Å². The molecule has 0 amide bonds. The highest BCUT2D eigenvalue weighted by Crippen LogP contribution is 2.20. The molecular formula is C17H20FN. The molecule has 100 valence electrons. The number of hydrogen-bond acceptors (Lipinski definition) is 1. The van der Waals surface area contributed by atoms with Gasteiger partial charge in [0.1, 0.15) is 5.82 Å². The molecule has 0 heterocycles. The molecule has 0 saturated carbocycles. The van der Waals surface area contributed by atoms with Gasteiger partial charge in [-0.1, -0.05) is 36.4 Å². The Morgan fingerprint density at radius 1 is 1.05 bits per heavy atom. The average Bonchev–Trinajstić information content (AvgIpc) is 2.40. The number of hydrogen-bond donors (Lipinski definition) is 1. The molecule has 1 unspecified atom stereocenters. The summed E-state index contributed by atoms with van der Waals surface area (Å²) in [6, 6.07) is 13.4. The van der Waals surface area contributed by atoms with Crippen molar-refractivity contribution in [2.24, 2.45) is 5.73 Å². The normalized spacial score (nSPS) is 12.4. The van der Waals surface area contributed by atoms with Crippen molar-refractivity contribution in [2.45, 2.75) is 32.7 Å². The Balaban J connectivity index is 2.03. The third-order valence-corrected chi connectivity index (χ3v) is 3.61. The molecule has 2 aromatic carbocycles. The van der Waals surface area contributed by atoms with Gasteiger partial charge in [-0.15, -0.1) is 0 Å². The van der Waals surface area contributed by atoms with E-state index >= 15 is 0 Å². The predicted molar refractivity (Wildman–Crippen MR) is 77.6 cm³/mol. The monoisotopic (exact) mass is 257 g/mol. The highest BCUT2D eigenvalue weighted by molar-refractivity contribution is 5.28. The van der Waals surface area contributed by atoms with Crippen molar-refractivity contribution in [1.29, 1.82) is 0 Å². The summed E-state index contributed by atoms with van der Waals surface area (Å²) in [5, 5.41) is 0. The first-order valence-electron chi connectivity index (χ1n) is 6.64. The molecule has 0 aromatic heterocycles. The predicted octanol–water partition coefficient (Wildman–Crippen LogP) is 4.08. The second kappa shape index (κ2) is 5.98. The molecule has 19 heavy (non-hydrogen) atoms. The number of halogens is 1. The summed E-state index contributed by atoms with van der Waals surface area (Å²) in [6.45, 7) is 3.87. The van der Waals surface area contributed by atoms with Gasteiger partial charge in [0.25, 0.3) is 0 Å². The molecule has 2 heteroatoms. The van der Waals surface area contributed by atoms with E-state index < -0.39 is 0 Å². The molecular weight excluding hydrogens is 237 g/mol. The Morgan fingerprint density at radius 2 is 1.79 bits per heavy atom. The fourth-order valence-corrected chi connectivity index (χ4v) is 2.21. The van der Waals surface area contributed by atoms with Crippen LogP contribution < -0.4 is 5.73 Å². The minimum Gasteiger partial charge on any atom is -0.324 e. The van der Waals surface area contributed by atoms with Gasteiger partial charge < -0.3 is 5.73 Å². The van der Waals surface area contributed by atoms with Gasteiger partial charge in [-0.25, -0.2) is 4.39 Å². The van der Waals surface area contributed by atoms with Gasteiger partial charge >= 0.3 is 0 Å². The van der Waals surface area contributed by atoms with E-state index in [1.54, 1.807) is 19.1 Å². The van der Waals surface area contributed by atoms with E-state index in [4.69, 9.17) is 5.73 Å². The number of rotatable bonds is 4. The van der Waals surface area contributed by atoms with Crippen LogP contribution in [-0.2, 0) is 6.42 Å². The maximum atomic E-state index is 13.5. The van der Waals surface area contributed by atoms with Gasteiger partial charge in [0, 0.05) is 6.04 Å². The fourth-order valence-electron chi connectivity index (χ4n) is 2.21. The van der Waals surface area contributed by atoms with Crippen LogP contribution in [-0.4, -0.2) is 0 Å². The van der Waals surface area contributed by atoms with E-state index in [2.05, 4.69) is 19.1 Å². The van der Waals surface area contributed by atoms with Crippen molar-refractivity contribution in [3.63, 3.8) is 0 Å². The maximum absolute atomic E-state index is 13.5. The second-order valence-electron chi connectivity index (χ2n) is 5.08. The molecule has 0 spiro atoms. The van der Waals surface area contributed by atoms with E-state index in [9.17, 15) is 4.39 Å². The van der Waals surface area contributed by atoms with E-state index in [0.29, 0.717) is 5.56 Å². The molecule has 0 bridgehead atoms. The van der Waals surface area contributed by atoms with Crippen LogP contribution in [0.2, 0.25) is 0 Å². The molecule has 2 aromatic rings. The van der Waals surface area contributed by atoms with Crippen LogP contribution in [0.4, 0.5) is 4.39 Å². The Kier molecular flexibility index (Phi) is 4.33. The Morgan fingerprint density at radius 3 is 2.47 bits per heavy atom. The largest absolute Gasteiger partial charge is 0.324 e. The summed E-state index contributed by atoms with van der Waals surface area (Å²) in [5.74, 6) is -0.177. The molecule has 0 fully saturated rings. The van der Waals surface area contributed by atoms with Crippen LogP contribution in [0.3, 0.4) is 0 Å². The molecule has 0 saturated heterocycles.